The number of benzene rings is 2. The van der Waals surface area contributed by atoms with Crippen LogP contribution < -0.4 is 5.32 Å². The van der Waals surface area contributed by atoms with Crippen molar-refractivity contribution in [3.8, 4) is 0 Å². The summed E-state index contributed by atoms with van der Waals surface area (Å²) >= 11 is 0. The molecule has 2 fully saturated rings. The fraction of sp³-hybridized carbons (Fsp3) is 0.429. The fourth-order valence-corrected chi connectivity index (χ4v) is 5.59. The Morgan fingerprint density at radius 3 is 2.56 bits per heavy atom. The normalized spacial score (nSPS) is 22.9. The van der Waals surface area contributed by atoms with Crippen LogP contribution in [0.15, 0.2) is 54.7 Å². The van der Waals surface area contributed by atoms with Crippen molar-refractivity contribution in [3.05, 3.63) is 66.1 Å². The van der Waals surface area contributed by atoms with Crippen LogP contribution in [0.5, 0.6) is 0 Å². The molecule has 0 saturated carbocycles. The molecule has 0 radical (unpaired) electrons. The number of hydrogen-bond acceptors (Lipinski definition) is 4. The number of carbonyl (C=O) groups excluding carboxylic acids is 2. The van der Waals surface area contributed by atoms with Gasteiger partial charge in [0.1, 0.15) is 5.82 Å². The molecule has 36 heavy (non-hydrogen) atoms. The predicted molar refractivity (Wildman–Crippen MR) is 139 cm³/mol. The number of anilines is 1. The van der Waals surface area contributed by atoms with E-state index in [0.717, 1.165) is 36.0 Å². The van der Waals surface area contributed by atoms with Crippen molar-refractivity contribution in [3.63, 3.8) is 0 Å². The highest BCUT2D eigenvalue weighted by Crippen LogP contribution is 2.29. The van der Waals surface area contributed by atoms with Crippen molar-refractivity contribution in [1.82, 2.24) is 19.7 Å². The lowest BCUT2D eigenvalue weighted by molar-refractivity contribution is -0.138. The van der Waals surface area contributed by atoms with E-state index in [1.165, 1.54) is 12.1 Å². The molecule has 1 aromatic heterocycles. The maximum Gasteiger partial charge on any atom is 0.228 e. The van der Waals surface area contributed by atoms with Gasteiger partial charge in [0.2, 0.25) is 11.8 Å². The SMILES string of the molecule is CN(C)C1CCN(C(=O)[C@H]2C[C@@H](C(=O)Nc3ccc(F)cc3)CN(Cc3c[nH]c4ccccc34)C2)C1. The van der Waals surface area contributed by atoms with Gasteiger partial charge >= 0.3 is 0 Å². The van der Waals surface area contributed by atoms with Gasteiger partial charge in [-0.25, -0.2) is 4.39 Å². The van der Waals surface area contributed by atoms with Gasteiger partial charge in [-0.1, -0.05) is 18.2 Å². The molecule has 190 valence electrons. The molecule has 5 rings (SSSR count). The molecule has 2 aliphatic rings. The Kier molecular flexibility index (Phi) is 7.07. The second-order valence-corrected chi connectivity index (χ2v) is 10.4. The third kappa shape index (κ3) is 5.29. The maximum absolute atomic E-state index is 13.6. The maximum atomic E-state index is 13.6. The minimum Gasteiger partial charge on any atom is -0.361 e. The molecule has 1 unspecified atom stereocenters. The monoisotopic (exact) mass is 491 g/mol. The Hall–Kier alpha value is -3.23. The van der Waals surface area contributed by atoms with Crippen LogP contribution in [0.1, 0.15) is 18.4 Å². The summed E-state index contributed by atoms with van der Waals surface area (Å²) in [6.45, 7) is 3.34. The molecule has 2 N–H and O–H groups in total. The highest BCUT2D eigenvalue weighted by Gasteiger charge is 2.39. The van der Waals surface area contributed by atoms with Gasteiger partial charge in [-0.05, 0) is 62.8 Å². The van der Waals surface area contributed by atoms with Crippen LogP contribution in [0.3, 0.4) is 0 Å². The number of hydrogen-bond donors (Lipinski definition) is 2. The Balaban J connectivity index is 1.34. The molecule has 0 spiro atoms. The van der Waals surface area contributed by atoms with Crippen molar-refractivity contribution in [1.29, 1.82) is 0 Å². The summed E-state index contributed by atoms with van der Waals surface area (Å²) in [7, 11) is 4.11. The van der Waals surface area contributed by atoms with Gasteiger partial charge in [0.25, 0.3) is 0 Å². The molecule has 3 aromatic rings. The standard InChI is InChI=1S/C28H34FN5O2/c1-32(2)24-11-12-34(18-24)28(36)20-13-19(27(35)31-23-9-7-22(29)8-10-23)15-33(16-20)17-21-14-30-26-6-4-3-5-25(21)26/h3-10,14,19-20,24,30H,11-13,15-18H2,1-2H3,(H,31,35)/t19-,20+,24?/m1/s1. The first-order chi connectivity index (χ1) is 17.4. The summed E-state index contributed by atoms with van der Waals surface area (Å²) in [5.74, 6) is -0.912. The second-order valence-electron chi connectivity index (χ2n) is 10.4. The van der Waals surface area contributed by atoms with Gasteiger partial charge in [0, 0.05) is 61.6 Å². The number of rotatable bonds is 6. The number of likely N-dealkylation sites (N-methyl/N-ethyl adjacent to an activating group) is 1. The zero-order valence-corrected chi connectivity index (χ0v) is 20.9. The van der Waals surface area contributed by atoms with E-state index in [9.17, 15) is 14.0 Å². The quantitative estimate of drug-likeness (QED) is 0.553. The number of piperidine rings is 1. The number of aromatic nitrogens is 1. The van der Waals surface area contributed by atoms with E-state index in [-0.39, 0.29) is 29.5 Å². The molecule has 0 bridgehead atoms. The number of nitrogens with one attached hydrogen (secondary N) is 2. The van der Waals surface area contributed by atoms with Crippen molar-refractivity contribution < 1.29 is 14.0 Å². The second kappa shape index (κ2) is 10.4. The average Bonchev–Trinajstić information content (AvgIpc) is 3.53. The van der Waals surface area contributed by atoms with Crippen LogP contribution >= 0.6 is 0 Å². The zero-order chi connectivity index (χ0) is 25.2. The molecular formula is C28H34FN5O2. The van der Waals surface area contributed by atoms with E-state index < -0.39 is 0 Å². The Bertz CT molecular complexity index is 1220. The number of carbonyl (C=O) groups is 2. The van der Waals surface area contributed by atoms with E-state index in [1.54, 1.807) is 12.1 Å². The van der Waals surface area contributed by atoms with Crippen LogP contribution in [0, 0.1) is 17.7 Å². The highest BCUT2D eigenvalue weighted by atomic mass is 19.1. The van der Waals surface area contributed by atoms with Gasteiger partial charge in [-0.2, -0.15) is 0 Å². The van der Waals surface area contributed by atoms with Crippen molar-refractivity contribution in [2.45, 2.75) is 25.4 Å². The summed E-state index contributed by atoms with van der Waals surface area (Å²) in [5, 5.41) is 4.09. The number of para-hydroxylation sites is 1. The number of likely N-dealkylation sites (tertiary alicyclic amines) is 2. The van der Waals surface area contributed by atoms with Crippen LogP contribution in [-0.4, -0.2) is 77.8 Å². The predicted octanol–water partition coefficient (Wildman–Crippen LogP) is 3.55. The zero-order valence-electron chi connectivity index (χ0n) is 20.9. The summed E-state index contributed by atoms with van der Waals surface area (Å²) in [5.41, 5.74) is 2.80. The minimum absolute atomic E-state index is 0.129. The van der Waals surface area contributed by atoms with Crippen LogP contribution in [-0.2, 0) is 16.1 Å². The van der Waals surface area contributed by atoms with E-state index in [0.29, 0.717) is 37.8 Å². The molecular weight excluding hydrogens is 457 g/mol. The molecule has 3 atom stereocenters. The lowest BCUT2D eigenvalue weighted by Gasteiger charge is -2.38. The van der Waals surface area contributed by atoms with E-state index >= 15 is 0 Å². The lowest BCUT2D eigenvalue weighted by Crippen LogP contribution is -2.49. The van der Waals surface area contributed by atoms with E-state index in [2.05, 4.69) is 46.3 Å². The molecule has 0 aliphatic carbocycles. The summed E-state index contributed by atoms with van der Waals surface area (Å²) in [6.07, 6.45) is 3.50. The van der Waals surface area contributed by atoms with Crippen LogP contribution in [0.2, 0.25) is 0 Å². The number of halogens is 1. The number of H-pyrrole nitrogens is 1. The smallest absolute Gasteiger partial charge is 0.228 e. The van der Waals surface area contributed by atoms with Gasteiger partial charge in [-0.15, -0.1) is 0 Å². The molecule has 7 nitrogen and oxygen atoms in total. The third-order valence-electron chi connectivity index (χ3n) is 7.63. The highest BCUT2D eigenvalue weighted by molar-refractivity contribution is 5.93. The van der Waals surface area contributed by atoms with Crippen LogP contribution in [0.4, 0.5) is 10.1 Å². The van der Waals surface area contributed by atoms with Gasteiger partial charge < -0.3 is 20.1 Å². The molecule has 2 amide bonds. The molecule has 2 aliphatic heterocycles. The van der Waals surface area contributed by atoms with Crippen LogP contribution in [0.25, 0.3) is 10.9 Å². The van der Waals surface area contributed by atoms with E-state index in [1.807, 2.05) is 23.2 Å². The Labute approximate surface area is 211 Å². The average molecular weight is 492 g/mol. The molecule has 2 saturated heterocycles. The first kappa shape index (κ1) is 24.5. The topological polar surface area (TPSA) is 71.7 Å². The first-order valence-electron chi connectivity index (χ1n) is 12.7. The summed E-state index contributed by atoms with van der Waals surface area (Å²) < 4.78 is 13.3. The number of nitrogens with zero attached hydrogens (tertiary/aromatic N) is 3. The van der Waals surface area contributed by atoms with Crippen molar-refractivity contribution >= 4 is 28.4 Å². The fourth-order valence-electron chi connectivity index (χ4n) is 5.59. The van der Waals surface area contributed by atoms with E-state index in [4.69, 9.17) is 0 Å². The van der Waals surface area contributed by atoms with Gasteiger partial charge in [0.05, 0.1) is 11.8 Å². The number of amides is 2. The Morgan fingerprint density at radius 1 is 1.06 bits per heavy atom. The summed E-state index contributed by atoms with van der Waals surface area (Å²) in [4.78, 5) is 36.6. The number of fused-ring (bicyclic) bond motifs is 1. The molecule has 2 aromatic carbocycles. The largest absolute Gasteiger partial charge is 0.361 e. The summed E-state index contributed by atoms with van der Waals surface area (Å²) in [6, 6.07) is 14.3. The molecule has 8 heteroatoms. The number of aromatic amines is 1. The molecule has 3 heterocycles. The van der Waals surface area contributed by atoms with Gasteiger partial charge in [-0.3, -0.25) is 14.5 Å². The van der Waals surface area contributed by atoms with Crippen molar-refractivity contribution in [2.24, 2.45) is 11.8 Å². The first-order valence-corrected chi connectivity index (χ1v) is 12.7. The van der Waals surface area contributed by atoms with Crippen molar-refractivity contribution in [2.75, 3.05) is 45.6 Å². The minimum atomic E-state index is -0.345. The Morgan fingerprint density at radius 2 is 1.81 bits per heavy atom. The lowest BCUT2D eigenvalue weighted by atomic mass is 9.87. The third-order valence-corrected chi connectivity index (χ3v) is 7.63. The van der Waals surface area contributed by atoms with Gasteiger partial charge in [0.15, 0.2) is 0 Å².